The summed E-state index contributed by atoms with van der Waals surface area (Å²) in [6.07, 6.45) is -0.119. The van der Waals surface area contributed by atoms with Crippen LogP contribution in [0.4, 0.5) is 5.69 Å². The van der Waals surface area contributed by atoms with Crippen LogP contribution in [0.5, 0.6) is 0 Å². The number of hydrogen-bond acceptors (Lipinski definition) is 3. The van der Waals surface area contributed by atoms with Crippen LogP contribution in [-0.4, -0.2) is 22.9 Å². The maximum absolute atomic E-state index is 12.0. The second kappa shape index (κ2) is 6.58. The molecule has 0 radical (unpaired) electrons. The number of carbonyl (C=O) groups excluding carboxylic acids is 2. The third kappa shape index (κ3) is 5.43. The van der Waals surface area contributed by atoms with Crippen molar-refractivity contribution >= 4 is 35.1 Å². The molecule has 0 aliphatic carbocycles. The molecular formula is C14H17ClN2O4. The molecule has 0 fully saturated rings. The molecule has 21 heavy (non-hydrogen) atoms. The minimum Gasteiger partial charge on any atom is -0.481 e. The highest BCUT2D eigenvalue weighted by molar-refractivity contribution is 6.33. The summed E-state index contributed by atoms with van der Waals surface area (Å²) in [6, 6.07) is 4.29. The molecule has 0 saturated carbocycles. The number of nitrogens with two attached hydrogens (primary N) is 1. The lowest BCUT2D eigenvalue weighted by atomic mass is 9.85. The molecule has 0 aromatic heterocycles. The second-order valence-electron chi connectivity index (χ2n) is 5.52. The van der Waals surface area contributed by atoms with E-state index in [1.807, 2.05) is 0 Å². The van der Waals surface area contributed by atoms with Gasteiger partial charge in [0.1, 0.15) is 0 Å². The highest BCUT2D eigenvalue weighted by atomic mass is 35.5. The summed E-state index contributed by atoms with van der Waals surface area (Å²) in [7, 11) is 0. The van der Waals surface area contributed by atoms with Gasteiger partial charge in [-0.25, -0.2) is 0 Å². The Morgan fingerprint density at radius 3 is 2.43 bits per heavy atom. The van der Waals surface area contributed by atoms with Crippen molar-refractivity contribution in [3.63, 3.8) is 0 Å². The smallest absolute Gasteiger partial charge is 0.303 e. The van der Waals surface area contributed by atoms with Gasteiger partial charge >= 0.3 is 5.97 Å². The van der Waals surface area contributed by atoms with E-state index in [0.717, 1.165) is 0 Å². The molecule has 1 aromatic rings. The Bertz CT molecular complexity index is 584. The first-order valence-corrected chi connectivity index (χ1v) is 6.59. The van der Waals surface area contributed by atoms with Gasteiger partial charge in [-0.2, -0.15) is 0 Å². The zero-order valence-electron chi connectivity index (χ0n) is 11.8. The molecule has 0 aliphatic heterocycles. The molecule has 6 nitrogen and oxygen atoms in total. The lowest BCUT2D eigenvalue weighted by Crippen LogP contribution is -2.25. The summed E-state index contributed by atoms with van der Waals surface area (Å²) in [5.74, 6) is -1.99. The fourth-order valence-electron chi connectivity index (χ4n) is 1.88. The molecule has 0 atom stereocenters. The van der Waals surface area contributed by atoms with Crippen molar-refractivity contribution in [2.75, 3.05) is 5.32 Å². The number of halogens is 1. The van der Waals surface area contributed by atoms with Gasteiger partial charge in [0.25, 0.3) is 0 Å². The van der Waals surface area contributed by atoms with E-state index < -0.39 is 17.3 Å². The van der Waals surface area contributed by atoms with E-state index in [9.17, 15) is 14.4 Å². The number of nitrogens with one attached hydrogen (secondary N) is 1. The summed E-state index contributed by atoms with van der Waals surface area (Å²) >= 11 is 5.94. The number of rotatable bonds is 6. The van der Waals surface area contributed by atoms with Crippen LogP contribution in [0.3, 0.4) is 0 Å². The fraction of sp³-hybridized carbons (Fsp3) is 0.357. The predicted octanol–water partition coefficient (Wildman–Crippen LogP) is 2.27. The van der Waals surface area contributed by atoms with Gasteiger partial charge in [-0.3, -0.25) is 14.4 Å². The average Bonchev–Trinajstić information content (AvgIpc) is 2.28. The maximum atomic E-state index is 12.0. The van der Waals surface area contributed by atoms with Crippen molar-refractivity contribution in [2.24, 2.45) is 11.1 Å². The van der Waals surface area contributed by atoms with Crippen molar-refractivity contribution in [1.82, 2.24) is 0 Å². The van der Waals surface area contributed by atoms with E-state index in [1.165, 1.54) is 18.2 Å². The van der Waals surface area contributed by atoms with Gasteiger partial charge in [0.05, 0.1) is 17.1 Å². The average molecular weight is 313 g/mol. The summed E-state index contributed by atoms with van der Waals surface area (Å²) in [4.78, 5) is 33.8. The van der Waals surface area contributed by atoms with Gasteiger partial charge in [-0.05, 0) is 23.6 Å². The highest BCUT2D eigenvalue weighted by Crippen LogP contribution is 2.27. The number of anilines is 1. The SMILES string of the molecule is CC(C)(CC(=O)O)CC(=O)Nc1cc(C(N)=O)ccc1Cl. The third-order valence-corrected chi connectivity index (χ3v) is 3.12. The summed E-state index contributed by atoms with van der Waals surface area (Å²) in [6.45, 7) is 3.37. The quantitative estimate of drug-likeness (QED) is 0.748. The Hall–Kier alpha value is -2.08. The van der Waals surface area contributed by atoms with E-state index in [4.69, 9.17) is 22.4 Å². The first kappa shape index (κ1) is 17.0. The van der Waals surface area contributed by atoms with Crippen molar-refractivity contribution in [3.05, 3.63) is 28.8 Å². The van der Waals surface area contributed by atoms with Gasteiger partial charge in [-0.1, -0.05) is 25.4 Å². The molecule has 0 heterocycles. The van der Waals surface area contributed by atoms with E-state index in [2.05, 4.69) is 5.32 Å². The number of carboxylic acid groups (broad SMARTS) is 1. The summed E-state index contributed by atoms with van der Waals surface area (Å²) in [5, 5.41) is 11.6. The van der Waals surface area contributed by atoms with Gasteiger partial charge in [0.2, 0.25) is 11.8 Å². The third-order valence-electron chi connectivity index (χ3n) is 2.79. The van der Waals surface area contributed by atoms with Crippen molar-refractivity contribution in [2.45, 2.75) is 26.7 Å². The van der Waals surface area contributed by atoms with Gasteiger partial charge in [-0.15, -0.1) is 0 Å². The molecule has 1 rings (SSSR count). The molecule has 0 bridgehead atoms. The molecule has 0 aliphatic rings. The van der Waals surface area contributed by atoms with Crippen LogP contribution in [0.2, 0.25) is 5.02 Å². The van der Waals surface area contributed by atoms with Crippen LogP contribution in [-0.2, 0) is 9.59 Å². The lowest BCUT2D eigenvalue weighted by molar-refractivity contribution is -0.139. The van der Waals surface area contributed by atoms with Gasteiger partial charge in [0.15, 0.2) is 0 Å². The summed E-state index contributed by atoms with van der Waals surface area (Å²) < 4.78 is 0. The number of benzene rings is 1. The maximum Gasteiger partial charge on any atom is 0.303 e. The number of carboxylic acids is 1. The monoisotopic (exact) mass is 312 g/mol. The van der Waals surface area contributed by atoms with Crippen LogP contribution >= 0.6 is 11.6 Å². The Morgan fingerprint density at radius 2 is 1.90 bits per heavy atom. The molecular weight excluding hydrogens is 296 g/mol. The largest absolute Gasteiger partial charge is 0.481 e. The minimum absolute atomic E-state index is 0.0103. The molecule has 7 heteroatoms. The Balaban J connectivity index is 2.81. The van der Waals surface area contributed by atoms with Crippen LogP contribution in [0, 0.1) is 5.41 Å². The van der Waals surface area contributed by atoms with E-state index in [-0.39, 0.29) is 35.0 Å². The van der Waals surface area contributed by atoms with Crippen LogP contribution in [0.1, 0.15) is 37.0 Å². The molecule has 1 aromatic carbocycles. The molecule has 4 N–H and O–H groups in total. The van der Waals surface area contributed by atoms with Crippen molar-refractivity contribution in [3.8, 4) is 0 Å². The predicted molar refractivity (Wildman–Crippen MR) is 79.3 cm³/mol. The van der Waals surface area contributed by atoms with E-state index >= 15 is 0 Å². The molecule has 0 saturated heterocycles. The highest BCUT2D eigenvalue weighted by Gasteiger charge is 2.25. The standard InChI is InChI=1S/C14H17ClN2O4/c1-14(2,7-12(19)20)6-11(18)17-10-5-8(13(16)21)3-4-9(10)15/h3-5H,6-7H2,1-2H3,(H2,16,21)(H,17,18)(H,19,20). The number of primary amides is 1. The lowest BCUT2D eigenvalue weighted by Gasteiger charge is -2.21. The van der Waals surface area contributed by atoms with Gasteiger partial charge < -0.3 is 16.2 Å². The Kier molecular flexibility index (Phi) is 5.32. The first-order valence-electron chi connectivity index (χ1n) is 6.22. The van der Waals surface area contributed by atoms with Crippen LogP contribution in [0.25, 0.3) is 0 Å². The zero-order chi connectivity index (χ0) is 16.2. The van der Waals surface area contributed by atoms with Crippen molar-refractivity contribution < 1.29 is 19.5 Å². The number of hydrogen-bond donors (Lipinski definition) is 3. The number of carbonyl (C=O) groups is 3. The molecule has 0 spiro atoms. The normalized spacial score (nSPS) is 11.0. The minimum atomic E-state index is -0.971. The van der Waals surface area contributed by atoms with Gasteiger partial charge in [0, 0.05) is 12.0 Å². The van der Waals surface area contributed by atoms with Crippen molar-refractivity contribution in [1.29, 1.82) is 0 Å². The number of amides is 2. The number of aliphatic carboxylic acids is 1. The fourth-order valence-corrected chi connectivity index (χ4v) is 2.04. The zero-order valence-corrected chi connectivity index (χ0v) is 12.5. The van der Waals surface area contributed by atoms with Crippen LogP contribution < -0.4 is 11.1 Å². The molecule has 114 valence electrons. The van der Waals surface area contributed by atoms with E-state index in [0.29, 0.717) is 0 Å². The van der Waals surface area contributed by atoms with Crippen LogP contribution in [0.15, 0.2) is 18.2 Å². The Labute approximate surface area is 127 Å². The summed E-state index contributed by atoms with van der Waals surface area (Å²) in [5.41, 5.74) is 4.96. The van der Waals surface area contributed by atoms with E-state index in [1.54, 1.807) is 13.8 Å². The topological polar surface area (TPSA) is 109 Å². The Morgan fingerprint density at radius 1 is 1.29 bits per heavy atom. The molecule has 2 amide bonds. The second-order valence-corrected chi connectivity index (χ2v) is 5.93. The molecule has 0 unspecified atom stereocenters. The first-order chi connectivity index (χ1) is 9.60.